The van der Waals surface area contributed by atoms with Crippen molar-refractivity contribution in [2.24, 2.45) is 5.92 Å². The van der Waals surface area contributed by atoms with E-state index in [1.165, 1.54) is 0 Å². The lowest BCUT2D eigenvalue weighted by atomic mass is 10.1. The topological polar surface area (TPSA) is 37.4 Å². The Kier molecular flexibility index (Phi) is 3.50. The van der Waals surface area contributed by atoms with Crippen LogP contribution in [-0.2, 0) is 11.2 Å². The minimum atomic E-state index is 0.0738. The lowest BCUT2D eigenvalue weighted by Crippen LogP contribution is -2.29. The summed E-state index contributed by atoms with van der Waals surface area (Å²) in [5.74, 6) is 0.627. The fraction of sp³-hybridized carbons (Fsp3) is 0.467. The maximum atomic E-state index is 12.1. The second-order valence-electron chi connectivity index (χ2n) is 5.29. The zero-order chi connectivity index (χ0) is 13.3. The predicted molar refractivity (Wildman–Crippen MR) is 72.0 cm³/mol. The van der Waals surface area contributed by atoms with E-state index in [1.54, 1.807) is 6.92 Å². The molecular formula is C15H19NO2. The van der Waals surface area contributed by atoms with Gasteiger partial charge >= 0.3 is 0 Å². The molecule has 0 radical (unpaired) electrons. The summed E-state index contributed by atoms with van der Waals surface area (Å²) in [7, 11) is 0. The number of hydrogen-bond acceptors (Lipinski definition) is 2. The van der Waals surface area contributed by atoms with Crippen molar-refractivity contribution >= 4 is 17.4 Å². The fourth-order valence-corrected chi connectivity index (χ4v) is 2.34. The van der Waals surface area contributed by atoms with Crippen LogP contribution in [-0.4, -0.2) is 18.2 Å². The van der Waals surface area contributed by atoms with Crippen LogP contribution in [0.2, 0.25) is 0 Å². The van der Waals surface area contributed by atoms with Crippen molar-refractivity contribution < 1.29 is 9.59 Å². The van der Waals surface area contributed by atoms with Crippen LogP contribution < -0.4 is 4.90 Å². The summed E-state index contributed by atoms with van der Waals surface area (Å²) in [5.41, 5.74) is 2.82. The molecule has 0 N–H and O–H groups in total. The molecule has 0 fully saturated rings. The standard InChI is InChI=1S/C15H19NO2/c1-10(2)8-15(18)16-7-6-13-9-12(11(3)17)4-5-14(13)16/h4-5,9-10H,6-8H2,1-3H3. The molecular weight excluding hydrogens is 226 g/mol. The number of anilines is 1. The van der Waals surface area contributed by atoms with Gasteiger partial charge in [-0.05, 0) is 43.0 Å². The average molecular weight is 245 g/mol. The first-order valence-electron chi connectivity index (χ1n) is 6.43. The summed E-state index contributed by atoms with van der Waals surface area (Å²) in [6.07, 6.45) is 1.42. The van der Waals surface area contributed by atoms with Crippen LogP contribution in [0.25, 0.3) is 0 Å². The van der Waals surface area contributed by atoms with Crippen LogP contribution in [0.4, 0.5) is 5.69 Å². The number of hydrogen-bond donors (Lipinski definition) is 0. The maximum Gasteiger partial charge on any atom is 0.227 e. The number of fused-ring (bicyclic) bond motifs is 1. The number of amides is 1. The third kappa shape index (κ3) is 2.45. The molecule has 18 heavy (non-hydrogen) atoms. The van der Waals surface area contributed by atoms with E-state index in [2.05, 4.69) is 0 Å². The number of nitrogens with zero attached hydrogens (tertiary/aromatic N) is 1. The van der Waals surface area contributed by atoms with E-state index < -0.39 is 0 Å². The number of benzene rings is 1. The Morgan fingerprint density at radius 2 is 2.06 bits per heavy atom. The van der Waals surface area contributed by atoms with Crippen molar-refractivity contribution in [3.05, 3.63) is 29.3 Å². The minimum Gasteiger partial charge on any atom is -0.312 e. The molecule has 96 valence electrons. The lowest BCUT2D eigenvalue weighted by molar-refractivity contribution is -0.119. The van der Waals surface area contributed by atoms with Crippen LogP contribution in [0.1, 0.15) is 43.1 Å². The van der Waals surface area contributed by atoms with E-state index in [4.69, 9.17) is 0 Å². The Bertz CT molecular complexity index is 491. The molecule has 0 saturated carbocycles. The Labute approximate surface area is 108 Å². The van der Waals surface area contributed by atoms with Gasteiger partial charge < -0.3 is 4.90 Å². The Morgan fingerprint density at radius 1 is 1.33 bits per heavy atom. The van der Waals surface area contributed by atoms with Crippen molar-refractivity contribution in [2.75, 3.05) is 11.4 Å². The van der Waals surface area contributed by atoms with Crippen molar-refractivity contribution in [3.63, 3.8) is 0 Å². The van der Waals surface area contributed by atoms with Gasteiger partial charge in [-0.15, -0.1) is 0 Å². The quantitative estimate of drug-likeness (QED) is 0.768. The summed E-state index contributed by atoms with van der Waals surface area (Å²) < 4.78 is 0. The Morgan fingerprint density at radius 3 is 2.67 bits per heavy atom. The molecule has 1 aromatic carbocycles. The van der Waals surface area contributed by atoms with Crippen LogP contribution in [0.15, 0.2) is 18.2 Å². The highest BCUT2D eigenvalue weighted by Crippen LogP contribution is 2.30. The summed E-state index contributed by atoms with van der Waals surface area (Å²) in [4.78, 5) is 25.3. The third-order valence-electron chi connectivity index (χ3n) is 3.27. The zero-order valence-corrected chi connectivity index (χ0v) is 11.2. The van der Waals surface area contributed by atoms with Gasteiger partial charge in [-0.25, -0.2) is 0 Å². The summed E-state index contributed by atoms with van der Waals surface area (Å²) in [6.45, 7) is 6.40. The third-order valence-corrected chi connectivity index (χ3v) is 3.27. The summed E-state index contributed by atoms with van der Waals surface area (Å²) in [6, 6.07) is 5.62. The molecule has 0 aromatic heterocycles. The molecule has 3 nitrogen and oxygen atoms in total. The maximum absolute atomic E-state index is 12.1. The second-order valence-corrected chi connectivity index (χ2v) is 5.29. The van der Waals surface area contributed by atoms with E-state index in [9.17, 15) is 9.59 Å². The molecule has 1 amide bonds. The van der Waals surface area contributed by atoms with Crippen LogP contribution in [0, 0.1) is 5.92 Å². The van der Waals surface area contributed by atoms with Gasteiger partial charge in [0.05, 0.1) is 0 Å². The van der Waals surface area contributed by atoms with Gasteiger partial charge in [0.15, 0.2) is 5.78 Å². The summed E-state index contributed by atoms with van der Waals surface area (Å²) >= 11 is 0. The molecule has 0 atom stereocenters. The molecule has 2 rings (SSSR count). The highest BCUT2D eigenvalue weighted by Gasteiger charge is 2.25. The second kappa shape index (κ2) is 4.92. The number of Topliss-reactive ketones (excluding diaryl/α,β-unsaturated/α-hetero) is 1. The van der Waals surface area contributed by atoms with Crippen molar-refractivity contribution in [1.82, 2.24) is 0 Å². The van der Waals surface area contributed by atoms with Gasteiger partial charge in [-0.1, -0.05) is 13.8 Å². The predicted octanol–water partition coefficient (Wildman–Crippen LogP) is 2.82. The lowest BCUT2D eigenvalue weighted by Gasteiger charge is -2.18. The highest BCUT2D eigenvalue weighted by atomic mass is 16.2. The van der Waals surface area contributed by atoms with Crippen molar-refractivity contribution in [2.45, 2.75) is 33.6 Å². The van der Waals surface area contributed by atoms with Gasteiger partial charge in [-0.3, -0.25) is 9.59 Å². The van der Waals surface area contributed by atoms with E-state index >= 15 is 0 Å². The van der Waals surface area contributed by atoms with Gasteiger partial charge in [0.1, 0.15) is 0 Å². The monoisotopic (exact) mass is 245 g/mol. The van der Waals surface area contributed by atoms with Gasteiger partial charge in [0.25, 0.3) is 0 Å². The van der Waals surface area contributed by atoms with Gasteiger partial charge in [-0.2, -0.15) is 0 Å². The van der Waals surface area contributed by atoms with E-state index in [-0.39, 0.29) is 11.7 Å². The zero-order valence-electron chi connectivity index (χ0n) is 11.2. The first-order valence-corrected chi connectivity index (χ1v) is 6.43. The fourth-order valence-electron chi connectivity index (χ4n) is 2.34. The smallest absolute Gasteiger partial charge is 0.227 e. The number of ketones is 1. The molecule has 1 aliphatic rings. The van der Waals surface area contributed by atoms with Crippen molar-refractivity contribution in [3.8, 4) is 0 Å². The van der Waals surface area contributed by atoms with Crippen LogP contribution in [0.3, 0.4) is 0 Å². The molecule has 0 unspecified atom stereocenters. The highest BCUT2D eigenvalue weighted by molar-refractivity contribution is 5.98. The Hall–Kier alpha value is -1.64. The molecule has 1 heterocycles. The molecule has 0 saturated heterocycles. The normalized spacial score (nSPS) is 13.9. The van der Waals surface area contributed by atoms with E-state index in [0.717, 1.165) is 29.8 Å². The van der Waals surface area contributed by atoms with E-state index in [0.29, 0.717) is 12.3 Å². The van der Waals surface area contributed by atoms with Crippen LogP contribution in [0.5, 0.6) is 0 Å². The number of carbonyl (C=O) groups is 2. The molecule has 0 bridgehead atoms. The number of rotatable bonds is 3. The minimum absolute atomic E-state index is 0.0738. The Balaban J connectivity index is 2.24. The van der Waals surface area contributed by atoms with E-state index in [1.807, 2.05) is 36.9 Å². The molecule has 1 aliphatic heterocycles. The van der Waals surface area contributed by atoms with Crippen molar-refractivity contribution in [1.29, 1.82) is 0 Å². The van der Waals surface area contributed by atoms with Crippen LogP contribution >= 0.6 is 0 Å². The van der Waals surface area contributed by atoms with Gasteiger partial charge in [0.2, 0.25) is 5.91 Å². The molecule has 1 aromatic rings. The SMILES string of the molecule is CC(=O)c1ccc2c(c1)CCN2C(=O)CC(C)C. The molecule has 0 aliphatic carbocycles. The number of carbonyl (C=O) groups excluding carboxylic acids is 2. The first-order chi connectivity index (χ1) is 8.49. The first kappa shape index (κ1) is 12.8. The summed E-state index contributed by atoms with van der Waals surface area (Å²) in [5, 5.41) is 0. The average Bonchev–Trinajstić information content (AvgIpc) is 2.70. The molecule has 0 spiro atoms. The molecule has 3 heteroatoms. The largest absolute Gasteiger partial charge is 0.312 e. The van der Waals surface area contributed by atoms with Gasteiger partial charge in [0, 0.05) is 24.2 Å².